The standard InChI is InChI=1S/8ClH.Fe.Na.Ta/h8*1H;;;/q;;;;;;;;+2;+1;+5/p-8. The van der Waals surface area contributed by atoms with Crippen LogP contribution in [0.3, 0.4) is 0 Å². The minimum atomic E-state index is 0. The van der Waals surface area contributed by atoms with Crippen molar-refractivity contribution in [2.45, 2.75) is 0 Å². The van der Waals surface area contributed by atoms with Crippen LogP contribution in [-0.4, -0.2) is 0 Å². The molecule has 0 saturated heterocycles. The van der Waals surface area contributed by atoms with Crippen LogP contribution in [0.4, 0.5) is 0 Å². The Morgan fingerprint density at radius 2 is 0.364 bits per heavy atom. The van der Waals surface area contributed by atoms with Gasteiger partial charge in [0.2, 0.25) is 0 Å². The van der Waals surface area contributed by atoms with Gasteiger partial charge in [-0.05, 0) is 0 Å². The molecular weight excluding hydrogens is 543 g/mol. The van der Waals surface area contributed by atoms with Gasteiger partial charge in [0, 0.05) is 0 Å². The topological polar surface area (TPSA) is 0 Å². The first kappa shape index (κ1) is 158. The maximum Gasteiger partial charge on any atom is 5.00 e. The molecule has 0 nitrogen and oxygen atoms in total. The van der Waals surface area contributed by atoms with E-state index in [-0.39, 0.29) is 168 Å². The Bertz CT molecular complexity index is 14.1. The molecule has 0 heterocycles. The molecule has 11 heteroatoms. The Morgan fingerprint density at radius 1 is 0.364 bits per heavy atom. The minimum Gasteiger partial charge on any atom is -1.00 e. The van der Waals surface area contributed by atoms with Crippen molar-refractivity contribution in [1.82, 2.24) is 0 Å². The monoisotopic (exact) mass is 540 g/mol. The molecule has 0 spiro atoms. The van der Waals surface area contributed by atoms with Crippen LogP contribution < -0.4 is 129 Å². The van der Waals surface area contributed by atoms with Crippen LogP contribution in [0.1, 0.15) is 0 Å². The first-order valence-corrected chi connectivity index (χ1v) is 0. The molecule has 0 N–H and O–H groups in total. The van der Waals surface area contributed by atoms with E-state index in [0.717, 1.165) is 0 Å². The van der Waals surface area contributed by atoms with Crippen LogP contribution in [-0.2, 0) is 39.4 Å². The van der Waals surface area contributed by atoms with Crippen LogP contribution >= 0.6 is 0 Å². The van der Waals surface area contributed by atoms with E-state index in [2.05, 4.69) is 0 Å². The van der Waals surface area contributed by atoms with Crippen LogP contribution in [0.2, 0.25) is 0 Å². The van der Waals surface area contributed by atoms with Crippen LogP contribution in [0.15, 0.2) is 0 Å². The fourth-order valence-corrected chi connectivity index (χ4v) is 0. The summed E-state index contributed by atoms with van der Waals surface area (Å²) < 4.78 is 0. The number of halogens is 8. The molecular formula is Cl8FeNaTa. The molecule has 0 bridgehead atoms. The van der Waals surface area contributed by atoms with E-state index in [4.69, 9.17) is 0 Å². The summed E-state index contributed by atoms with van der Waals surface area (Å²) in [7, 11) is 0. The first-order chi connectivity index (χ1) is 0. The maximum atomic E-state index is 0. The van der Waals surface area contributed by atoms with Crippen molar-refractivity contribution in [2.75, 3.05) is 0 Å². The van der Waals surface area contributed by atoms with Gasteiger partial charge in [0.15, 0.2) is 0 Å². The van der Waals surface area contributed by atoms with E-state index >= 15 is 0 Å². The average molecular weight is 543 g/mol. The summed E-state index contributed by atoms with van der Waals surface area (Å²) in [6.07, 6.45) is 0. The molecule has 0 aromatic carbocycles. The Kier molecular flexibility index (Phi) is 1840. The molecule has 0 aromatic heterocycles. The second-order valence-electron chi connectivity index (χ2n) is 0. The Balaban J connectivity index is 0. The molecule has 11 heavy (non-hydrogen) atoms. The summed E-state index contributed by atoms with van der Waals surface area (Å²) in [6.45, 7) is 0. The van der Waals surface area contributed by atoms with Crippen molar-refractivity contribution in [3.05, 3.63) is 0 Å². The van der Waals surface area contributed by atoms with Gasteiger partial charge in [-0.1, -0.05) is 0 Å². The van der Waals surface area contributed by atoms with Crippen LogP contribution in [0.25, 0.3) is 0 Å². The third-order valence-electron chi connectivity index (χ3n) is 0. The first-order valence-electron chi connectivity index (χ1n) is 0. The summed E-state index contributed by atoms with van der Waals surface area (Å²) in [5, 5.41) is 0. The molecule has 70 valence electrons. The molecule has 0 aromatic rings. The molecule has 0 unspecified atom stereocenters. The summed E-state index contributed by atoms with van der Waals surface area (Å²) in [5.74, 6) is 0. The van der Waals surface area contributed by atoms with E-state index in [1.54, 1.807) is 0 Å². The molecule has 0 fully saturated rings. The van der Waals surface area contributed by atoms with E-state index in [0.29, 0.717) is 0 Å². The zero-order chi connectivity index (χ0) is 0. The number of rotatable bonds is 0. The maximum absolute atomic E-state index is 0. The summed E-state index contributed by atoms with van der Waals surface area (Å²) >= 11 is 0. The van der Waals surface area contributed by atoms with Crippen molar-refractivity contribution in [2.24, 2.45) is 0 Å². The van der Waals surface area contributed by atoms with Crippen molar-refractivity contribution in [3.63, 3.8) is 0 Å². The van der Waals surface area contributed by atoms with Crippen molar-refractivity contribution >= 4 is 0 Å². The van der Waals surface area contributed by atoms with Crippen LogP contribution in [0.5, 0.6) is 0 Å². The predicted octanol–water partition coefficient (Wildman–Crippen LogP) is -27.0. The molecule has 0 rings (SSSR count). The van der Waals surface area contributed by atoms with Gasteiger partial charge in [-0.25, -0.2) is 0 Å². The fraction of sp³-hybridized carbons (Fsp3) is 0. The molecule has 0 aliphatic heterocycles. The van der Waals surface area contributed by atoms with Crippen LogP contribution in [0, 0.1) is 0 Å². The minimum absolute atomic E-state index is 0. The fourth-order valence-electron chi connectivity index (χ4n) is 0. The van der Waals surface area contributed by atoms with Gasteiger partial charge in [0.25, 0.3) is 0 Å². The van der Waals surface area contributed by atoms with Gasteiger partial charge < -0.3 is 99.3 Å². The zero-order valence-corrected chi connectivity index (χ0v) is 17.2. The average Bonchev–Trinajstić information content (AvgIpc) is 0. The van der Waals surface area contributed by atoms with Gasteiger partial charge in [-0.15, -0.1) is 0 Å². The van der Waals surface area contributed by atoms with Gasteiger partial charge in [-0.2, -0.15) is 0 Å². The second-order valence-corrected chi connectivity index (χ2v) is 0. The van der Waals surface area contributed by atoms with Gasteiger partial charge in [-0.3, -0.25) is 0 Å². The second kappa shape index (κ2) is 128. The van der Waals surface area contributed by atoms with Crippen molar-refractivity contribution in [3.8, 4) is 0 Å². The summed E-state index contributed by atoms with van der Waals surface area (Å²) in [6, 6.07) is 0. The smallest absolute Gasteiger partial charge is 1.00 e. The summed E-state index contributed by atoms with van der Waals surface area (Å²) in [4.78, 5) is 0. The Labute approximate surface area is 165 Å². The number of hydrogen-bond acceptors (Lipinski definition) is 0. The number of hydrogen-bond donors (Lipinski definition) is 0. The molecule has 0 amide bonds. The van der Waals surface area contributed by atoms with Crippen molar-refractivity contribution in [1.29, 1.82) is 0 Å². The van der Waals surface area contributed by atoms with Gasteiger partial charge >= 0.3 is 69.0 Å². The quantitative estimate of drug-likeness (QED) is 0.267. The summed E-state index contributed by atoms with van der Waals surface area (Å²) in [5.41, 5.74) is 0. The third-order valence-corrected chi connectivity index (χ3v) is 0. The SMILES string of the molecule is [Cl-].[Cl-].[Cl-].[Cl-].[Cl-].[Cl-].[Cl-].[Cl-].[Fe+2].[Na+].[Ta+5]. The van der Waals surface area contributed by atoms with E-state index in [9.17, 15) is 0 Å². The van der Waals surface area contributed by atoms with Gasteiger partial charge in [0.1, 0.15) is 0 Å². The third kappa shape index (κ3) is 110. The zero-order valence-electron chi connectivity index (χ0n) is 4.82. The molecule has 0 aliphatic carbocycles. The molecule has 0 radical (unpaired) electrons. The predicted molar refractivity (Wildman–Crippen MR) is 0 cm³/mol. The van der Waals surface area contributed by atoms with Crippen molar-refractivity contribution < 1.29 is 168 Å². The molecule has 0 atom stereocenters. The largest absolute Gasteiger partial charge is 5.00 e. The molecule has 0 saturated carbocycles. The van der Waals surface area contributed by atoms with E-state index in [1.165, 1.54) is 0 Å². The Hall–Kier alpha value is 4.58. The molecule has 0 aliphatic rings. The normalized spacial score (nSPS) is 0. The van der Waals surface area contributed by atoms with E-state index < -0.39 is 0 Å². The Morgan fingerprint density at radius 3 is 0.364 bits per heavy atom. The van der Waals surface area contributed by atoms with Gasteiger partial charge in [0.05, 0.1) is 0 Å². The van der Waals surface area contributed by atoms with E-state index in [1.807, 2.05) is 0 Å².